The Hall–Kier alpha value is -3.72. The average molecular weight is 486 g/mol. The van der Waals surface area contributed by atoms with Gasteiger partial charge in [0.15, 0.2) is 0 Å². The van der Waals surface area contributed by atoms with Gasteiger partial charge in [0.1, 0.15) is 17.4 Å². The zero-order valence-corrected chi connectivity index (χ0v) is 19.9. The first-order valence-corrected chi connectivity index (χ1v) is 12.6. The molecule has 9 nitrogen and oxygen atoms in total. The molecule has 36 heavy (non-hydrogen) atoms. The number of ether oxygens (including phenoxy) is 1. The molecule has 2 saturated heterocycles. The first kappa shape index (κ1) is 21.6. The summed E-state index contributed by atoms with van der Waals surface area (Å²) < 4.78 is 8.35. The number of nitrogens with zero attached hydrogens (tertiary/aromatic N) is 4. The number of fused-ring (bicyclic) bond motifs is 5. The number of benzene rings is 1. The maximum absolute atomic E-state index is 13.2. The molecule has 0 saturated carbocycles. The summed E-state index contributed by atoms with van der Waals surface area (Å²) >= 11 is 0. The molecule has 3 amide bonds. The number of carbonyl (C=O) groups excluding carboxylic acids is 3. The quantitative estimate of drug-likeness (QED) is 0.571. The Morgan fingerprint density at radius 2 is 1.97 bits per heavy atom. The number of nitrogens with one attached hydrogen (secondary N) is 1. The van der Waals surface area contributed by atoms with Crippen LogP contribution in [0.15, 0.2) is 42.9 Å². The van der Waals surface area contributed by atoms with Crippen LogP contribution in [-0.4, -0.2) is 62.6 Å². The fourth-order valence-electron chi connectivity index (χ4n) is 6.35. The van der Waals surface area contributed by atoms with Crippen molar-refractivity contribution in [3.05, 3.63) is 65.1 Å². The van der Waals surface area contributed by atoms with Crippen molar-refractivity contribution in [2.75, 3.05) is 19.7 Å². The third-order valence-electron chi connectivity index (χ3n) is 8.40. The van der Waals surface area contributed by atoms with Gasteiger partial charge in [-0.2, -0.15) is 0 Å². The van der Waals surface area contributed by atoms with E-state index in [9.17, 15) is 14.4 Å². The molecule has 184 valence electrons. The summed E-state index contributed by atoms with van der Waals surface area (Å²) in [5.74, 6) is 0.00683. The maximum Gasteiger partial charge on any atom is 0.255 e. The van der Waals surface area contributed by atoms with Crippen molar-refractivity contribution < 1.29 is 19.1 Å². The molecule has 2 aromatic heterocycles. The predicted octanol–water partition coefficient (Wildman–Crippen LogP) is 2.02. The largest absolute Gasteiger partial charge is 0.492 e. The highest BCUT2D eigenvalue weighted by Crippen LogP contribution is 2.49. The fourth-order valence-corrected chi connectivity index (χ4v) is 6.35. The number of imide groups is 1. The summed E-state index contributed by atoms with van der Waals surface area (Å²) in [6, 6.07) is 7.57. The number of hydrogen-bond acceptors (Lipinski definition) is 6. The third-order valence-corrected chi connectivity index (χ3v) is 8.40. The van der Waals surface area contributed by atoms with Gasteiger partial charge in [0.05, 0.1) is 13.2 Å². The molecule has 2 fully saturated rings. The summed E-state index contributed by atoms with van der Waals surface area (Å²) in [5, 5.41) is 2.37. The Morgan fingerprint density at radius 1 is 1.11 bits per heavy atom. The zero-order chi connectivity index (χ0) is 24.4. The van der Waals surface area contributed by atoms with Crippen molar-refractivity contribution in [1.82, 2.24) is 24.5 Å². The van der Waals surface area contributed by atoms with Gasteiger partial charge in [0.25, 0.3) is 5.91 Å². The fraction of sp³-hybridized carbons (Fsp3) is 0.407. The Labute approximate surface area is 208 Å². The van der Waals surface area contributed by atoms with Gasteiger partial charge in [-0.3, -0.25) is 24.6 Å². The molecule has 0 radical (unpaired) electrons. The molecule has 0 aliphatic carbocycles. The van der Waals surface area contributed by atoms with Crippen molar-refractivity contribution in [2.45, 2.75) is 50.2 Å². The van der Waals surface area contributed by atoms with E-state index >= 15 is 0 Å². The Kier molecular flexibility index (Phi) is 4.73. The molecule has 1 atom stereocenters. The first-order chi connectivity index (χ1) is 17.5. The van der Waals surface area contributed by atoms with E-state index in [0.717, 1.165) is 49.4 Å². The molecule has 6 heterocycles. The van der Waals surface area contributed by atoms with E-state index in [-0.39, 0.29) is 29.6 Å². The topological polar surface area (TPSA) is 96.2 Å². The van der Waals surface area contributed by atoms with Crippen molar-refractivity contribution >= 4 is 23.4 Å². The number of pyridine rings is 1. The van der Waals surface area contributed by atoms with Gasteiger partial charge < -0.3 is 14.0 Å². The number of aromatic nitrogens is 2. The Balaban J connectivity index is 1.08. The van der Waals surface area contributed by atoms with Crippen LogP contribution in [0.5, 0.6) is 5.75 Å². The smallest absolute Gasteiger partial charge is 0.255 e. The minimum Gasteiger partial charge on any atom is -0.492 e. The molecular weight excluding hydrogens is 458 g/mol. The summed E-state index contributed by atoms with van der Waals surface area (Å²) in [7, 11) is 0. The van der Waals surface area contributed by atoms with Crippen LogP contribution < -0.4 is 10.1 Å². The lowest BCUT2D eigenvalue weighted by Gasteiger charge is -2.38. The summed E-state index contributed by atoms with van der Waals surface area (Å²) in [4.78, 5) is 45.5. The van der Waals surface area contributed by atoms with Gasteiger partial charge in [-0.25, -0.2) is 4.98 Å². The van der Waals surface area contributed by atoms with Crippen LogP contribution >= 0.6 is 0 Å². The monoisotopic (exact) mass is 485 g/mol. The lowest BCUT2D eigenvalue weighted by molar-refractivity contribution is -0.136. The minimum absolute atomic E-state index is 0.0414. The molecule has 7 rings (SSSR count). The van der Waals surface area contributed by atoms with E-state index in [1.54, 1.807) is 4.90 Å². The molecule has 9 heteroatoms. The molecule has 0 bridgehead atoms. The van der Waals surface area contributed by atoms with E-state index in [1.807, 2.05) is 18.5 Å². The van der Waals surface area contributed by atoms with E-state index < -0.39 is 6.04 Å². The Morgan fingerprint density at radius 3 is 2.81 bits per heavy atom. The van der Waals surface area contributed by atoms with Crippen molar-refractivity contribution in [3.8, 4) is 5.75 Å². The van der Waals surface area contributed by atoms with Gasteiger partial charge in [-0.1, -0.05) is 12.1 Å². The van der Waals surface area contributed by atoms with Gasteiger partial charge >= 0.3 is 0 Å². The molecule has 1 spiro atoms. The highest BCUT2D eigenvalue weighted by Gasteiger charge is 2.47. The number of rotatable bonds is 3. The first-order valence-electron chi connectivity index (χ1n) is 12.6. The van der Waals surface area contributed by atoms with Crippen LogP contribution in [-0.2, 0) is 28.1 Å². The molecule has 1 N–H and O–H groups in total. The Bertz CT molecular complexity index is 1420. The van der Waals surface area contributed by atoms with Crippen LogP contribution in [0.3, 0.4) is 0 Å². The molecular formula is C27H27N5O4. The van der Waals surface area contributed by atoms with E-state index in [4.69, 9.17) is 4.74 Å². The molecule has 4 aliphatic heterocycles. The number of likely N-dealkylation sites (tertiary alicyclic amines) is 1. The summed E-state index contributed by atoms with van der Waals surface area (Å²) in [5.41, 5.74) is 4.87. The van der Waals surface area contributed by atoms with Gasteiger partial charge in [-0.15, -0.1) is 0 Å². The number of imidazole rings is 1. The summed E-state index contributed by atoms with van der Waals surface area (Å²) in [6.45, 7) is 3.83. The molecule has 1 aromatic carbocycles. The van der Waals surface area contributed by atoms with Crippen molar-refractivity contribution in [3.63, 3.8) is 0 Å². The second kappa shape index (κ2) is 7.89. The van der Waals surface area contributed by atoms with Crippen molar-refractivity contribution in [2.24, 2.45) is 0 Å². The van der Waals surface area contributed by atoms with Crippen LogP contribution in [0, 0.1) is 0 Å². The highest BCUT2D eigenvalue weighted by atomic mass is 16.5. The van der Waals surface area contributed by atoms with Gasteiger partial charge in [0.2, 0.25) is 11.8 Å². The lowest BCUT2D eigenvalue weighted by atomic mass is 9.74. The normalized spacial score (nSPS) is 23.2. The van der Waals surface area contributed by atoms with Crippen LogP contribution in [0.2, 0.25) is 0 Å². The maximum atomic E-state index is 13.2. The van der Waals surface area contributed by atoms with E-state index in [1.165, 1.54) is 11.1 Å². The minimum atomic E-state index is -0.613. The number of hydrogen-bond donors (Lipinski definition) is 1. The third kappa shape index (κ3) is 3.26. The highest BCUT2D eigenvalue weighted by molar-refractivity contribution is 6.05. The van der Waals surface area contributed by atoms with Crippen LogP contribution in [0.4, 0.5) is 0 Å². The standard InChI is InChI=1S/C27H27N5O4/c33-23-6-4-21(25(34)29-23)32-15-19-18(26(32)35)2-3-20-24(19)36-16-27(20)7-10-30(11-8-27)13-17-1-5-22-28-9-12-31(22)14-17/h1-3,5,9,12,14,21H,4,6-8,10-11,13,15-16H2,(H,29,33,34). The van der Waals surface area contributed by atoms with Gasteiger partial charge in [0, 0.05) is 53.7 Å². The van der Waals surface area contributed by atoms with Crippen LogP contribution in [0.25, 0.3) is 5.65 Å². The molecule has 4 aliphatic rings. The van der Waals surface area contributed by atoms with Crippen LogP contribution in [0.1, 0.15) is 52.7 Å². The van der Waals surface area contributed by atoms with E-state index in [0.29, 0.717) is 25.1 Å². The number of amides is 3. The molecule has 3 aromatic rings. The number of piperidine rings is 2. The lowest BCUT2D eigenvalue weighted by Crippen LogP contribution is -2.52. The average Bonchev–Trinajstić information content (AvgIpc) is 3.57. The second-order valence-electron chi connectivity index (χ2n) is 10.4. The van der Waals surface area contributed by atoms with E-state index in [2.05, 4.69) is 44.0 Å². The predicted molar refractivity (Wildman–Crippen MR) is 129 cm³/mol. The zero-order valence-electron chi connectivity index (χ0n) is 19.9. The molecule has 1 unspecified atom stereocenters. The van der Waals surface area contributed by atoms with Gasteiger partial charge in [-0.05, 0) is 50.0 Å². The summed E-state index contributed by atoms with van der Waals surface area (Å²) in [6.07, 6.45) is 8.54. The number of carbonyl (C=O) groups is 3. The second-order valence-corrected chi connectivity index (χ2v) is 10.4. The van der Waals surface area contributed by atoms with Crippen molar-refractivity contribution in [1.29, 1.82) is 0 Å². The SMILES string of the molecule is O=C1CCC(N2Cc3c(ccc4c3OCC43CCN(Cc4ccc5nccn5c4)CC3)C2=O)C(=O)N1.